The molecule has 0 aromatic heterocycles. The molecule has 1 aliphatic rings. The maximum atomic E-state index is 10.4. The SMILES string of the molecule is O=C(O)C1O[C@@H](O)C(O)[C@@H](O)[C@H]1O. The van der Waals surface area contributed by atoms with E-state index in [1.165, 1.54) is 0 Å². The van der Waals surface area contributed by atoms with Gasteiger partial charge < -0.3 is 30.3 Å². The molecule has 0 saturated carbocycles. The zero-order valence-electron chi connectivity index (χ0n) is 6.44. The van der Waals surface area contributed by atoms with Crippen LogP contribution in [0.4, 0.5) is 0 Å². The summed E-state index contributed by atoms with van der Waals surface area (Å²) in [5.74, 6) is -1.52. The van der Waals surface area contributed by atoms with Crippen LogP contribution < -0.4 is 0 Å². The van der Waals surface area contributed by atoms with Gasteiger partial charge in [-0.15, -0.1) is 0 Å². The van der Waals surface area contributed by atoms with Crippen LogP contribution in [0.15, 0.2) is 0 Å². The Morgan fingerprint density at radius 1 is 1.00 bits per heavy atom. The van der Waals surface area contributed by atoms with E-state index in [4.69, 9.17) is 25.5 Å². The summed E-state index contributed by atoms with van der Waals surface area (Å²) in [6.45, 7) is 0. The molecule has 1 heterocycles. The van der Waals surface area contributed by atoms with Gasteiger partial charge in [0.05, 0.1) is 0 Å². The van der Waals surface area contributed by atoms with Gasteiger partial charge in [-0.2, -0.15) is 0 Å². The van der Waals surface area contributed by atoms with Crippen molar-refractivity contribution in [2.24, 2.45) is 0 Å². The molecule has 5 atom stereocenters. The Bertz CT molecular complexity index is 205. The second-order valence-corrected chi connectivity index (χ2v) is 2.76. The maximum absolute atomic E-state index is 10.4. The zero-order chi connectivity index (χ0) is 10.2. The summed E-state index contributed by atoms with van der Waals surface area (Å²) >= 11 is 0. The Balaban J connectivity index is 2.76. The van der Waals surface area contributed by atoms with Crippen molar-refractivity contribution < 1.29 is 35.1 Å². The Morgan fingerprint density at radius 3 is 2.00 bits per heavy atom. The first-order chi connectivity index (χ1) is 5.95. The van der Waals surface area contributed by atoms with Gasteiger partial charge in [0.25, 0.3) is 0 Å². The van der Waals surface area contributed by atoms with Crippen LogP contribution in [0.5, 0.6) is 0 Å². The molecule has 0 spiro atoms. The molecule has 0 bridgehead atoms. The van der Waals surface area contributed by atoms with Gasteiger partial charge in [-0.1, -0.05) is 0 Å². The summed E-state index contributed by atoms with van der Waals surface area (Å²) in [5, 5.41) is 44.4. The lowest BCUT2D eigenvalue weighted by Gasteiger charge is -2.36. The fourth-order valence-corrected chi connectivity index (χ4v) is 1.07. The summed E-state index contributed by atoms with van der Waals surface area (Å²) in [6.07, 6.45) is -8.72. The number of carboxylic acids is 1. The molecule has 0 aromatic rings. The van der Waals surface area contributed by atoms with E-state index in [1.54, 1.807) is 0 Å². The van der Waals surface area contributed by atoms with Crippen LogP contribution in [0, 0.1) is 0 Å². The second-order valence-electron chi connectivity index (χ2n) is 2.76. The number of carbonyl (C=O) groups is 1. The van der Waals surface area contributed by atoms with E-state index < -0.39 is 36.7 Å². The molecule has 76 valence electrons. The van der Waals surface area contributed by atoms with Gasteiger partial charge in [-0.3, -0.25) is 0 Å². The Kier molecular flexibility index (Phi) is 2.84. The minimum Gasteiger partial charge on any atom is -0.479 e. The summed E-state index contributed by atoms with van der Waals surface area (Å²) in [6, 6.07) is 0. The predicted molar refractivity (Wildman–Crippen MR) is 36.5 cm³/mol. The van der Waals surface area contributed by atoms with Gasteiger partial charge in [0.1, 0.15) is 18.3 Å². The topological polar surface area (TPSA) is 127 Å². The number of ether oxygens (including phenoxy) is 1. The molecule has 0 amide bonds. The van der Waals surface area contributed by atoms with Crippen molar-refractivity contribution in [1.29, 1.82) is 0 Å². The van der Waals surface area contributed by atoms with Crippen molar-refractivity contribution in [2.45, 2.75) is 30.7 Å². The number of carboxylic acid groups (broad SMARTS) is 1. The second kappa shape index (κ2) is 3.56. The largest absolute Gasteiger partial charge is 0.479 e. The molecule has 0 aromatic carbocycles. The number of aliphatic carboxylic acids is 1. The minimum atomic E-state index is -1.81. The van der Waals surface area contributed by atoms with Crippen LogP contribution in [0.2, 0.25) is 0 Å². The zero-order valence-corrected chi connectivity index (χ0v) is 6.44. The lowest BCUT2D eigenvalue weighted by atomic mass is 9.99. The van der Waals surface area contributed by atoms with Gasteiger partial charge in [-0.25, -0.2) is 4.79 Å². The van der Waals surface area contributed by atoms with Crippen molar-refractivity contribution in [2.75, 3.05) is 0 Å². The van der Waals surface area contributed by atoms with Crippen LogP contribution >= 0.6 is 0 Å². The van der Waals surface area contributed by atoms with E-state index >= 15 is 0 Å². The molecule has 2 unspecified atom stereocenters. The highest BCUT2D eigenvalue weighted by Crippen LogP contribution is 2.19. The standard InChI is InChI=1S/C6H10O7/c7-1-2(8)4(5(10)11)13-6(12)3(1)9/h1-4,6-9,12H,(H,10,11)/t1-,2+,3?,4?,6+/m0/s1. The van der Waals surface area contributed by atoms with Gasteiger partial charge in [-0.05, 0) is 0 Å². The Morgan fingerprint density at radius 2 is 1.54 bits per heavy atom. The third-order valence-corrected chi connectivity index (χ3v) is 1.83. The molecule has 13 heavy (non-hydrogen) atoms. The Hall–Kier alpha value is -0.730. The van der Waals surface area contributed by atoms with E-state index in [0.29, 0.717) is 0 Å². The summed E-state index contributed by atoms with van der Waals surface area (Å²) < 4.78 is 4.34. The highest BCUT2D eigenvalue weighted by atomic mass is 16.6. The van der Waals surface area contributed by atoms with E-state index in [-0.39, 0.29) is 0 Å². The highest BCUT2D eigenvalue weighted by molar-refractivity contribution is 5.73. The first-order valence-corrected chi connectivity index (χ1v) is 3.55. The van der Waals surface area contributed by atoms with Crippen molar-refractivity contribution in [3.05, 3.63) is 0 Å². The van der Waals surface area contributed by atoms with Gasteiger partial charge >= 0.3 is 5.97 Å². The van der Waals surface area contributed by atoms with Gasteiger partial charge in [0.15, 0.2) is 12.4 Å². The number of hydrogen-bond acceptors (Lipinski definition) is 6. The molecule has 5 N–H and O–H groups in total. The van der Waals surface area contributed by atoms with Crippen molar-refractivity contribution in [3.63, 3.8) is 0 Å². The molecular formula is C6H10O7. The molecule has 1 rings (SSSR count). The summed E-state index contributed by atoms with van der Waals surface area (Å²) in [4.78, 5) is 10.4. The molecular weight excluding hydrogens is 184 g/mol. The van der Waals surface area contributed by atoms with Crippen molar-refractivity contribution in [1.82, 2.24) is 0 Å². The average Bonchev–Trinajstić information content (AvgIpc) is 2.07. The smallest absolute Gasteiger partial charge is 0.335 e. The van der Waals surface area contributed by atoms with Crippen LogP contribution in [0.25, 0.3) is 0 Å². The predicted octanol–water partition coefficient (Wildman–Crippen LogP) is -3.13. The minimum absolute atomic E-state index is 1.52. The van der Waals surface area contributed by atoms with Crippen LogP contribution in [-0.2, 0) is 9.53 Å². The molecule has 0 aliphatic carbocycles. The fourth-order valence-electron chi connectivity index (χ4n) is 1.07. The van der Waals surface area contributed by atoms with Gasteiger partial charge in [0.2, 0.25) is 0 Å². The average molecular weight is 194 g/mol. The number of rotatable bonds is 1. The first-order valence-electron chi connectivity index (χ1n) is 3.55. The molecule has 1 fully saturated rings. The maximum Gasteiger partial charge on any atom is 0.335 e. The highest BCUT2D eigenvalue weighted by Gasteiger charge is 2.46. The summed E-state index contributed by atoms with van der Waals surface area (Å²) in [5.41, 5.74) is 0. The third-order valence-electron chi connectivity index (χ3n) is 1.83. The number of aliphatic hydroxyl groups is 4. The molecule has 1 saturated heterocycles. The monoisotopic (exact) mass is 194 g/mol. The van der Waals surface area contributed by atoms with Crippen LogP contribution in [0.1, 0.15) is 0 Å². The lowest BCUT2D eigenvalue weighted by Crippen LogP contribution is -2.59. The van der Waals surface area contributed by atoms with Crippen LogP contribution in [-0.4, -0.2) is 62.2 Å². The normalized spacial score (nSPS) is 46.0. The van der Waals surface area contributed by atoms with Crippen molar-refractivity contribution >= 4 is 5.97 Å². The Labute approximate surface area is 72.8 Å². The van der Waals surface area contributed by atoms with E-state index in [0.717, 1.165) is 0 Å². The quantitative estimate of drug-likeness (QED) is 0.298. The third kappa shape index (κ3) is 1.79. The van der Waals surface area contributed by atoms with E-state index in [1.807, 2.05) is 0 Å². The van der Waals surface area contributed by atoms with Gasteiger partial charge in [0, 0.05) is 0 Å². The van der Waals surface area contributed by atoms with E-state index in [2.05, 4.69) is 4.74 Å². The molecule has 0 radical (unpaired) electrons. The van der Waals surface area contributed by atoms with E-state index in [9.17, 15) is 4.79 Å². The fraction of sp³-hybridized carbons (Fsp3) is 0.833. The number of hydrogen-bond donors (Lipinski definition) is 5. The summed E-state index contributed by atoms with van der Waals surface area (Å²) in [7, 11) is 0. The molecule has 1 aliphatic heterocycles. The lowest BCUT2D eigenvalue weighted by molar-refractivity contribution is -0.279. The van der Waals surface area contributed by atoms with Crippen LogP contribution in [0.3, 0.4) is 0 Å². The molecule has 7 heteroatoms. The number of aliphatic hydroxyl groups excluding tert-OH is 4. The molecule has 7 nitrogen and oxygen atoms in total. The van der Waals surface area contributed by atoms with Crippen molar-refractivity contribution in [3.8, 4) is 0 Å². The first kappa shape index (κ1) is 10.4.